The van der Waals surface area contributed by atoms with E-state index in [1.807, 2.05) is 0 Å². The highest BCUT2D eigenvalue weighted by atomic mass is 15.1. The van der Waals surface area contributed by atoms with Gasteiger partial charge in [0.1, 0.15) is 5.82 Å². The summed E-state index contributed by atoms with van der Waals surface area (Å²) in [7, 11) is 0. The lowest BCUT2D eigenvalue weighted by molar-refractivity contribution is 0.247. The summed E-state index contributed by atoms with van der Waals surface area (Å²) in [5.74, 6) is 1.25. The Balaban J connectivity index is 1.95. The fraction of sp³-hybridized carbons (Fsp3) is 0.727. The summed E-state index contributed by atoms with van der Waals surface area (Å²) >= 11 is 0. The molecular weight excluding hydrogens is 174 g/mol. The molecule has 14 heavy (non-hydrogen) atoms. The molecule has 2 N–H and O–H groups in total. The van der Waals surface area contributed by atoms with Gasteiger partial charge in [-0.3, -0.25) is 0 Å². The summed E-state index contributed by atoms with van der Waals surface area (Å²) in [6, 6.07) is 0. The molecule has 0 aromatic carbocycles. The smallest absolute Gasteiger partial charge is 0.109 e. The van der Waals surface area contributed by atoms with E-state index in [0.717, 1.165) is 31.5 Å². The molecule has 3 nitrogen and oxygen atoms in total. The zero-order chi connectivity index (χ0) is 9.60. The van der Waals surface area contributed by atoms with E-state index >= 15 is 0 Å². The van der Waals surface area contributed by atoms with Crippen molar-refractivity contribution in [1.82, 2.24) is 9.55 Å². The van der Waals surface area contributed by atoms with Crippen LogP contribution in [-0.2, 0) is 18.5 Å². The predicted octanol–water partition coefficient (Wildman–Crippen LogP) is 1.56. The Labute approximate surface area is 84.3 Å². The highest BCUT2D eigenvalue weighted by Crippen LogP contribution is 2.38. The quantitative estimate of drug-likeness (QED) is 0.732. The van der Waals surface area contributed by atoms with Crippen LogP contribution in [0.3, 0.4) is 0 Å². The highest BCUT2D eigenvalue weighted by Gasteiger charge is 2.37. The van der Waals surface area contributed by atoms with Gasteiger partial charge in [-0.15, -0.1) is 0 Å². The second-order valence-electron chi connectivity index (χ2n) is 4.70. The van der Waals surface area contributed by atoms with Crippen molar-refractivity contribution in [3.63, 3.8) is 0 Å². The Morgan fingerprint density at radius 2 is 2.14 bits per heavy atom. The first-order valence-electron chi connectivity index (χ1n) is 5.63. The second-order valence-corrected chi connectivity index (χ2v) is 4.70. The van der Waals surface area contributed by atoms with Gasteiger partial charge in [0.25, 0.3) is 0 Å². The summed E-state index contributed by atoms with van der Waals surface area (Å²) in [5.41, 5.74) is 7.32. The zero-order valence-corrected chi connectivity index (χ0v) is 8.50. The molecular formula is C11H17N3. The lowest BCUT2D eigenvalue weighted by Gasteiger charge is -2.36. The van der Waals surface area contributed by atoms with Crippen molar-refractivity contribution in [1.29, 1.82) is 0 Å². The van der Waals surface area contributed by atoms with E-state index in [4.69, 9.17) is 5.73 Å². The first-order valence-corrected chi connectivity index (χ1v) is 5.63. The Morgan fingerprint density at radius 3 is 2.79 bits per heavy atom. The van der Waals surface area contributed by atoms with Crippen molar-refractivity contribution in [2.24, 2.45) is 5.73 Å². The van der Waals surface area contributed by atoms with Crippen LogP contribution in [0, 0.1) is 0 Å². The van der Waals surface area contributed by atoms with Crippen molar-refractivity contribution in [3.05, 3.63) is 17.7 Å². The third kappa shape index (κ3) is 1.12. The summed E-state index contributed by atoms with van der Waals surface area (Å²) < 4.78 is 2.30. The molecule has 2 heterocycles. The number of aromatic nitrogens is 2. The maximum absolute atomic E-state index is 6.26. The van der Waals surface area contributed by atoms with Gasteiger partial charge in [-0.2, -0.15) is 0 Å². The van der Waals surface area contributed by atoms with Crippen molar-refractivity contribution in [2.75, 3.05) is 0 Å². The van der Waals surface area contributed by atoms with E-state index in [-0.39, 0.29) is 5.54 Å². The molecule has 1 aliphatic carbocycles. The molecule has 1 aromatic rings. The lowest BCUT2D eigenvalue weighted by Crippen LogP contribution is -2.43. The van der Waals surface area contributed by atoms with Crippen LogP contribution in [0.25, 0.3) is 0 Å². The molecule has 0 bridgehead atoms. The van der Waals surface area contributed by atoms with Crippen molar-refractivity contribution < 1.29 is 0 Å². The van der Waals surface area contributed by atoms with E-state index in [1.54, 1.807) is 0 Å². The van der Waals surface area contributed by atoms with Crippen LogP contribution in [-0.4, -0.2) is 9.55 Å². The van der Waals surface area contributed by atoms with Gasteiger partial charge in [-0.05, 0) is 32.1 Å². The van der Waals surface area contributed by atoms with Gasteiger partial charge in [0.2, 0.25) is 0 Å². The number of fused-ring (bicyclic) bond motifs is 1. The van der Waals surface area contributed by atoms with Crippen LogP contribution in [0.5, 0.6) is 0 Å². The molecule has 0 unspecified atom stereocenters. The van der Waals surface area contributed by atoms with Gasteiger partial charge >= 0.3 is 0 Å². The zero-order valence-electron chi connectivity index (χ0n) is 8.50. The van der Waals surface area contributed by atoms with Crippen molar-refractivity contribution in [2.45, 2.75) is 50.6 Å². The number of aryl methyl sites for hydroxylation is 2. The Kier molecular flexibility index (Phi) is 1.71. The minimum absolute atomic E-state index is 0.0790. The third-order valence-corrected chi connectivity index (χ3v) is 3.66. The van der Waals surface area contributed by atoms with Crippen LogP contribution in [0.4, 0.5) is 0 Å². The van der Waals surface area contributed by atoms with Gasteiger partial charge in [0, 0.05) is 19.2 Å². The van der Waals surface area contributed by atoms with E-state index in [9.17, 15) is 0 Å². The second kappa shape index (κ2) is 2.83. The topological polar surface area (TPSA) is 43.8 Å². The molecule has 1 aliphatic heterocycles. The number of hydrogen-bond donors (Lipinski definition) is 1. The summed E-state index contributed by atoms with van der Waals surface area (Å²) in [6.45, 7) is 1.14. The molecule has 3 heteroatoms. The third-order valence-electron chi connectivity index (χ3n) is 3.66. The van der Waals surface area contributed by atoms with Gasteiger partial charge in [-0.25, -0.2) is 4.98 Å². The first-order chi connectivity index (χ1) is 6.78. The van der Waals surface area contributed by atoms with Crippen LogP contribution < -0.4 is 5.73 Å². The Bertz CT molecular complexity index is 326. The maximum atomic E-state index is 6.26. The largest absolute Gasteiger partial charge is 0.335 e. The summed E-state index contributed by atoms with van der Waals surface area (Å²) in [6.07, 6.45) is 9.39. The minimum Gasteiger partial charge on any atom is -0.335 e. The van der Waals surface area contributed by atoms with Gasteiger partial charge in [0.15, 0.2) is 0 Å². The molecule has 1 aromatic heterocycles. The Morgan fingerprint density at radius 1 is 1.29 bits per heavy atom. The molecule has 0 saturated heterocycles. The first kappa shape index (κ1) is 8.48. The standard InChI is InChI=1S/C11H17N3/c12-11(5-3-6-11)9-8-14-7-2-1-4-10(14)13-9/h8H,1-7,12H2. The molecule has 0 atom stereocenters. The monoisotopic (exact) mass is 191 g/mol. The summed E-state index contributed by atoms with van der Waals surface area (Å²) in [5, 5.41) is 0. The van der Waals surface area contributed by atoms with E-state index < -0.39 is 0 Å². The fourth-order valence-electron chi connectivity index (χ4n) is 2.47. The van der Waals surface area contributed by atoms with E-state index in [1.165, 1.54) is 25.1 Å². The average molecular weight is 191 g/mol. The average Bonchev–Trinajstić information content (AvgIpc) is 2.57. The van der Waals surface area contributed by atoms with E-state index in [2.05, 4.69) is 15.7 Å². The number of imidazole rings is 1. The van der Waals surface area contributed by atoms with Crippen molar-refractivity contribution in [3.8, 4) is 0 Å². The van der Waals surface area contributed by atoms with Crippen molar-refractivity contribution >= 4 is 0 Å². The maximum Gasteiger partial charge on any atom is 0.109 e. The van der Waals surface area contributed by atoms with E-state index in [0.29, 0.717) is 0 Å². The number of rotatable bonds is 1. The normalized spacial score (nSPS) is 24.1. The highest BCUT2D eigenvalue weighted by molar-refractivity contribution is 5.19. The number of nitrogens with zero attached hydrogens (tertiary/aromatic N) is 2. The fourth-order valence-corrected chi connectivity index (χ4v) is 2.47. The van der Waals surface area contributed by atoms with Crippen LogP contribution in [0.15, 0.2) is 6.20 Å². The lowest BCUT2D eigenvalue weighted by atomic mass is 9.76. The number of hydrogen-bond acceptors (Lipinski definition) is 2. The molecule has 1 saturated carbocycles. The molecule has 0 radical (unpaired) electrons. The van der Waals surface area contributed by atoms with Crippen LogP contribution in [0.2, 0.25) is 0 Å². The Hall–Kier alpha value is -0.830. The van der Waals surface area contributed by atoms with Gasteiger partial charge < -0.3 is 10.3 Å². The predicted molar refractivity (Wildman–Crippen MR) is 54.9 cm³/mol. The molecule has 76 valence electrons. The number of nitrogens with two attached hydrogens (primary N) is 1. The van der Waals surface area contributed by atoms with Gasteiger partial charge in [0.05, 0.1) is 11.2 Å². The SMILES string of the molecule is NC1(c2cn3c(n2)CCCC3)CCC1. The van der Waals surface area contributed by atoms with Crippen LogP contribution in [0.1, 0.15) is 43.6 Å². The molecule has 0 amide bonds. The molecule has 0 spiro atoms. The summed E-state index contributed by atoms with van der Waals surface area (Å²) in [4.78, 5) is 4.68. The molecule has 3 rings (SSSR count). The van der Waals surface area contributed by atoms with Crippen LogP contribution >= 0.6 is 0 Å². The molecule has 2 aliphatic rings. The minimum atomic E-state index is -0.0790. The van der Waals surface area contributed by atoms with Gasteiger partial charge in [-0.1, -0.05) is 0 Å². The molecule has 1 fully saturated rings.